The van der Waals surface area contributed by atoms with Gasteiger partial charge in [-0.3, -0.25) is 0 Å². The Morgan fingerprint density at radius 1 is 0.783 bits per heavy atom. The van der Waals surface area contributed by atoms with Gasteiger partial charge in [0.2, 0.25) is 0 Å². The van der Waals surface area contributed by atoms with E-state index in [1.165, 1.54) is 0 Å². The molecule has 0 amide bonds. The molecule has 0 saturated heterocycles. The van der Waals surface area contributed by atoms with Crippen LogP contribution in [0, 0.1) is 0 Å². The van der Waals surface area contributed by atoms with Crippen molar-refractivity contribution >= 4 is 21.9 Å². The monoisotopic (exact) mass is 629 g/mol. The van der Waals surface area contributed by atoms with E-state index in [-0.39, 0.29) is 19.0 Å². The summed E-state index contributed by atoms with van der Waals surface area (Å²) in [6, 6.07) is 13.4. The van der Waals surface area contributed by atoms with E-state index in [0.29, 0.717) is 63.9 Å². The first-order valence-electron chi connectivity index (χ1n) is 15.2. The second-order valence-electron chi connectivity index (χ2n) is 11.6. The molecule has 2 aromatic heterocycles. The van der Waals surface area contributed by atoms with Gasteiger partial charge in [-0.15, -0.1) is 0 Å². The number of fused-ring (bicyclic) bond motifs is 7. The van der Waals surface area contributed by atoms with Gasteiger partial charge in [-0.25, -0.2) is 4.79 Å². The average molecular weight is 630 g/mol. The van der Waals surface area contributed by atoms with E-state index < -0.39 is 5.63 Å². The van der Waals surface area contributed by atoms with Crippen LogP contribution in [-0.2, 0) is 17.7 Å². The van der Waals surface area contributed by atoms with Crippen LogP contribution in [0.15, 0.2) is 51.7 Å². The van der Waals surface area contributed by atoms with Gasteiger partial charge in [-0.2, -0.15) is 0 Å². The quantitative estimate of drug-likeness (QED) is 0.111. The minimum atomic E-state index is -0.449. The zero-order chi connectivity index (χ0) is 32.7. The molecule has 1 aliphatic heterocycles. The lowest BCUT2D eigenvalue weighted by Crippen LogP contribution is -2.15. The van der Waals surface area contributed by atoms with Crippen LogP contribution in [0.5, 0.6) is 34.5 Å². The second-order valence-corrected chi connectivity index (χ2v) is 11.6. The Hall–Kier alpha value is -4.83. The van der Waals surface area contributed by atoms with E-state index in [0.717, 1.165) is 33.3 Å². The lowest BCUT2D eigenvalue weighted by atomic mass is 9.91. The summed E-state index contributed by atoms with van der Waals surface area (Å²) in [6.07, 6.45) is 0.537. The van der Waals surface area contributed by atoms with Crippen molar-refractivity contribution in [3.8, 4) is 56.9 Å². The highest BCUT2D eigenvalue weighted by molar-refractivity contribution is 6.17. The molecule has 0 aliphatic carbocycles. The number of aryl methyl sites for hydroxylation is 2. The van der Waals surface area contributed by atoms with Gasteiger partial charge in [0.15, 0.2) is 41.3 Å². The predicted molar refractivity (Wildman–Crippen MR) is 176 cm³/mol. The number of nitrogens with zero attached hydrogens (tertiary/aromatic N) is 1. The first-order valence-corrected chi connectivity index (χ1v) is 15.2. The van der Waals surface area contributed by atoms with Gasteiger partial charge in [-0.05, 0) is 75.6 Å². The van der Waals surface area contributed by atoms with Crippen LogP contribution < -0.4 is 34.0 Å². The topological polar surface area (TPSA) is 99.8 Å². The average Bonchev–Trinajstić information content (AvgIpc) is 3.39. The zero-order valence-corrected chi connectivity index (χ0v) is 27.4. The highest BCUT2D eigenvalue weighted by Gasteiger charge is 2.31. The lowest BCUT2D eigenvalue weighted by molar-refractivity contribution is 0.0492. The summed E-state index contributed by atoms with van der Waals surface area (Å²) < 4.78 is 48.5. The van der Waals surface area contributed by atoms with E-state index in [2.05, 4.69) is 0 Å². The van der Waals surface area contributed by atoms with Crippen molar-refractivity contribution in [3.63, 3.8) is 0 Å². The molecule has 3 aromatic carbocycles. The van der Waals surface area contributed by atoms with Crippen molar-refractivity contribution < 1.29 is 37.6 Å². The summed E-state index contributed by atoms with van der Waals surface area (Å²) in [7, 11) is 6.37. The van der Waals surface area contributed by atoms with E-state index in [9.17, 15) is 4.79 Å². The third kappa shape index (κ3) is 5.36. The standard InChI is InChI=1S/C36H39NO9/c1-19(2)44-30-13-21-11-12-37-34(23(21)15-27(30)41-7)32(22-9-10-25(40-6)29(14-22)43-18-39-5)33-24-16-28(42-8)31(45-20(3)4)17-26(24)46-36(38)35(33)37/h9-10,13-17,19-20H,11-12,18H2,1-8H3. The van der Waals surface area contributed by atoms with E-state index in [1.807, 2.05) is 68.7 Å². The molecule has 0 fully saturated rings. The maximum absolute atomic E-state index is 14.0. The molecule has 0 bridgehead atoms. The number of benzene rings is 3. The van der Waals surface area contributed by atoms with Gasteiger partial charge < -0.3 is 42.1 Å². The summed E-state index contributed by atoms with van der Waals surface area (Å²) in [6.45, 7) is 8.42. The number of hydrogen-bond donors (Lipinski definition) is 0. The maximum atomic E-state index is 14.0. The summed E-state index contributed by atoms with van der Waals surface area (Å²) in [5.41, 5.74) is 4.91. The SMILES string of the molecule is COCOc1cc(-c2c3n(c4c(=O)oc5cc(OC(C)C)c(OC)cc5c24)CCc2cc(OC(C)C)c(OC)cc2-3)ccc1OC. The van der Waals surface area contributed by atoms with Crippen molar-refractivity contribution in [1.29, 1.82) is 0 Å². The number of aromatic nitrogens is 1. The number of methoxy groups -OCH3 is 4. The van der Waals surface area contributed by atoms with Crippen LogP contribution in [-0.4, -0.2) is 52.0 Å². The van der Waals surface area contributed by atoms with Crippen molar-refractivity contribution in [2.45, 2.75) is 52.9 Å². The second kappa shape index (κ2) is 12.5. The van der Waals surface area contributed by atoms with Gasteiger partial charge >= 0.3 is 5.63 Å². The Bertz CT molecular complexity index is 1990. The minimum absolute atomic E-state index is 0.0297. The Morgan fingerprint density at radius 3 is 2.11 bits per heavy atom. The molecular weight excluding hydrogens is 590 g/mol. The summed E-state index contributed by atoms with van der Waals surface area (Å²) in [5.74, 6) is 3.35. The third-order valence-corrected chi connectivity index (χ3v) is 7.95. The molecule has 0 spiro atoms. The number of hydrogen-bond acceptors (Lipinski definition) is 9. The maximum Gasteiger partial charge on any atom is 0.361 e. The fraction of sp³-hybridized carbons (Fsp3) is 0.361. The van der Waals surface area contributed by atoms with Crippen molar-refractivity contribution in [1.82, 2.24) is 4.57 Å². The van der Waals surface area contributed by atoms with Gasteiger partial charge in [0.25, 0.3) is 0 Å². The van der Waals surface area contributed by atoms with Crippen LogP contribution in [0.2, 0.25) is 0 Å². The van der Waals surface area contributed by atoms with Gasteiger partial charge in [0.1, 0.15) is 11.1 Å². The van der Waals surface area contributed by atoms with E-state index in [1.54, 1.807) is 34.5 Å². The molecule has 10 nitrogen and oxygen atoms in total. The van der Waals surface area contributed by atoms with Crippen molar-refractivity contribution in [2.75, 3.05) is 35.2 Å². The van der Waals surface area contributed by atoms with E-state index >= 15 is 0 Å². The molecule has 242 valence electrons. The fourth-order valence-electron chi connectivity index (χ4n) is 6.19. The largest absolute Gasteiger partial charge is 0.493 e. The molecule has 10 heteroatoms. The molecule has 1 aliphatic rings. The van der Waals surface area contributed by atoms with Crippen LogP contribution in [0.4, 0.5) is 0 Å². The molecule has 0 saturated carbocycles. The summed E-state index contributed by atoms with van der Waals surface area (Å²) in [5, 5.41) is 1.44. The lowest BCUT2D eigenvalue weighted by Gasteiger charge is -2.24. The zero-order valence-electron chi connectivity index (χ0n) is 27.4. The molecular formula is C36H39NO9. The van der Waals surface area contributed by atoms with Crippen molar-refractivity contribution in [2.24, 2.45) is 0 Å². The highest BCUT2D eigenvalue weighted by Crippen LogP contribution is 2.50. The molecule has 0 N–H and O–H groups in total. The Kier molecular flexibility index (Phi) is 8.48. The first kappa shape index (κ1) is 31.2. The van der Waals surface area contributed by atoms with Crippen LogP contribution in [0.1, 0.15) is 33.3 Å². The highest BCUT2D eigenvalue weighted by atomic mass is 16.7. The molecule has 5 aromatic rings. The molecule has 0 radical (unpaired) electrons. The van der Waals surface area contributed by atoms with Crippen LogP contribution in [0.25, 0.3) is 44.3 Å². The first-order chi connectivity index (χ1) is 22.2. The predicted octanol–water partition coefficient (Wildman–Crippen LogP) is 7.22. The smallest absolute Gasteiger partial charge is 0.361 e. The molecule has 3 heterocycles. The Morgan fingerprint density at radius 2 is 1.46 bits per heavy atom. The Labute approximate surface area is 267 Å². The van der Waals surface area contributed by atoms with E-state index in [4.69, 9.17) is 37.6 Å². The van der Waals surface area contributed by atoms with Crippen LogP contribution >= 0.6 is 0 Å². The van der Waals surface area contributed by atoms with Gasteiger partial charge in [0, 0.05) is 41.6 Å². The summed E-state index contributed by atoms with van der Waals surface area (Å²) >= 11 is 0. The fourth-order valence-corrected chi connectivity index (χ4v) is 6.19. The molecule has 0 unspecified atom stereocenters. The molecule has 6 rings (SSSR count). The normalized spacial score (nSPS) is 12.4. The minimum Gasteiger partial charge on any atom is -0.493 e. The van der Waals surface area contributed by atoms with Gasteiger partial charge in [-0.1, -0.05) is 6.07 Å². The van der Waals surface area contributed by atoms with Crippen LogP contribution in [0.3, 0.4) is 0 Å². The Balaban J connectivity index is 1.75. The van der Waals surface area contributed by atoms with Gasteiger partial charge in [0.05, 0.1) is 39.2 Å². The molecule has 46 heavy (non-hydrogen) atoms. The number of ether oxygens (including phenoxy) is 7. The van der Waals surface area contributed by atoms with Crippen molar-refractivity contribution in [3.05, 3.63) is 58.4 Å². The number of rotatable bonds is 11. The molecule has 0 atom stereocenters. The summed E-state index contributed by atoms with van der Waals surface area (Å²) in [4.78, 5) is 14.0. The third-order valence-electron chi connectivity index (χ3n) is 7.95.